The minimum absolute atomic E-state index is 0.114. The van der Waals surface area contributed by atoms with E-state index < -0.39 is 12.8 Å². The fourth-order valence-corrected chi connectivity index (χ4v) is 0.979. The molecule has 0 saturated heterocycles. The smallest absolute Gasteiger partial charge is 0.370 e. The fourth-order valence-electron chi connectivity index (χ4n) is 0.979. The molecule has 0 spiro atoms. The van der Waals surface area contributed by atoms with Gasteiger partial charge in [0.25, 0.3) is 0 Å². The minimum atomic E-state index is -4.32. The van der Waals surface area contributed by atoms with Gasteiger partial charge >= 0.3 is 6.18 Å². The molecular formula is C8H9F3N2O2. The third kappa shape index (κ3) is 4.11. The molecule has 1 aromatic rings. The van der Waals surface area contributed by atoms with Gasteiger partial charge in [0.1, 0.15) is 6.61 Å². The Hall–Kier alpha value is -1.37. The van der Waals surface area contributed by atoms with Crippen LogP contribution >= 0.6 is 0 Å². The highest BCUT2D eigenvalue weighted by Crippen LogP contribution is 2.14. The molecule has 0 aliphatic rings. The second-order valence-corrected chi connectivity index (χ2v) is 2.76. The number of carbonyl (C=O) groups excluding carboxylic acids is 1. The maximum Gasteiger partial charge on any atom is 0.411 e. The quantitative estimate of drug-likeness (QED) is 0.556. The van der Waals surface area contributed by atoms with E-state index in [-0.39, 0.29) is 19.0 Å². The van der Waals surface area contributed by atoms with Gasteiger partial charge in [-0.1, -0.05) is 0 Å². The summed E-state index contributed by atoms with van der Waals surface area (Å²) in [7, 11) is 0. The highest BCUT2D eigenvalue weighted by Gasteiger charge is 2.27. The van der Waals surface area contributed by atoms with E-state index in [1.807, 2.05) is 0 Å². The van der Waals surface area contributed by atoms with Crippen molar-refractivity contribution in [3.8, 4) is 0 Å². The Bertz CT molecular complexity index is 322. The van der Waals surface area contributed by atoms with Gasteiger partial charge in [-0.3, -0.25) is 4.79 Å². The molecule has 1 aromatic heterocycles. The first-order chi connectivity index (χ1) is 7.03. The number of aldehydes is 1. The number of halogens is 3. The van der Waals surface area contributed by atoms with Crippen molar-refractivity contribution in [2.45, 2.75) is 12.7 Å². The van der Waals surface area contributed by atoms with Crippen molar-refractivity contribution in [1.82, 2.24) is 9.55 Å². The molecule has 15 heavy (non-hydrogen) atoms. The van der Waals surface area contributed by atoms with E-state index in [0.29, 0.717) is 6.29 Å². The summed E-state index contributed by atoms with van der Waals surface area (Å²) in [4.78, 5) is 14.1. The van der Waals surface area contributed by atoms with E-state index in [9.17, 15) is 18.0 Å². The zero-order valence-electron chi connectivity index (χ0n) is 7.70. The fraction of sp³-hybridized carbons (Fsp3) is 0.500. The molecule has 0 saturated carbocycles. The van der Waals surface area contributed by atoms with Crippen LogP contribution in [0.1, 0.15) is 10.6 Å². The van der Waals surface area contributed by atoms with Crippen molar-refractivity contribution in [3.63, 3.8) is 0 Å². The Morgan fingerprint density at radius 2 is 2.27 bits per heavy atom. The Labute approximate surface area is 83.7 Å². The summed E-state index contributed by atoms with van der Waals surface area (Å²) in [6, 6.07) is 0. The molecule has 0 aliphatic carbocycles. The SMILES string of the molecule is O=Cc1nccn1CCOCC(F)(F)F. The van der Waals surface area contributed by atoms with Gasteiger partial charge in [-0.25, -0.2) is 4.98 Å². The van der Waals surface area contributed by atoms with E-state index >= 15 is 0 Å². The van der Waals surface area contributed by atoms with Crippen LogP contribution in [0.5, 0.6) is 0 Å². The molecule has 0 radical (unpaired) electrons. The normalized spacial score (nSPS) is 11.7. The number of hydrogen-bond donors (Lipinski definition) is 0. The summed E-state index contributed by atoms with van der Waals surface area (Å²) >= 11 is 0. The number of imidazole rings is 1. The van der Waals surface area contributed by atoms with E-state index in [0.717, 1.165) is 0 Å². The minimum Gasteiger partial charge on any atom is -0.370 e. The van der Waals surface area contributed by atoms with Gasteiger partial charge in [-0.05, 0) is 0 Å². The van der Waals surface area contributed by atoms with Crippen molar-refractivity contribution in [1.29, 1.82) is 0 Å². The molecular weight excluding hydrogens is 213 g/mol. The summed E-state index contributed by atoms with van der Waals surface area (Å²) < 4.78 is 40.8. The van der Waals surface area contributed by atoms with Crippen molar-refractivity contribution in [2.75, 3.05) is 13.2 Å². The van der Waals surface area contributed by atoms with Gasteiger partial charge in [0, 0.05) is 18.9 Å². The number of nitrogens with zero attached hydrogens (tertiary/aromatic N) is 2. The summed E-state index contributed by atoms with van der Waals surface area (Å²) in [5, 5.41) is 0. The molecule has 1 rings (SSSR count). The third-order valence-corrected chi connectivity index (χ3v) is 1.60. The first-order valence-corrected chi connectivity index (χ1v) is 4.14. The number of carbonyl (C=O) groups is 1. The maximum atomic E-state index is 11.7. The lowest BCUT2D eigenvalue weighted by Gasteiger charge is -2.08. The average Bonchev–Trinajstić information content (AvgIpc) is 2.58. The van der Waals surface area contributed by atoms with E-state index in [2.05, 4.69) is 9.72 Å². The third-order valence-electron chi connectivity index (χ3n) is 1.60. The largest absolute Gasteiger partial charge is 0.411 e. The molecule has 0 bridgehead atoms. The number of aromatic nitrogens is 2. The van der Waals surface area contributed by atoms with E-state index in [4.69, 9.17) is 0 Å². The van der Waals surface area contributed by atoms with E-state index in [1.165, 1.54) is 17.0 Å². The van der Waals surface area contributed by atoms with Crippen LogP contribution in [0.3, 0.4) is 0 Å². The monoisotopic (exact) mass is 222 g/mol. The summed E-state index contributed by atoms with van der Waals surface area (Å²) in [6.07, 6.45) is -0.889. The zero-order valence-corrected chi connectivity index (χ0v) is 7.70. The van der Waals surface area contributed by atoms with Crippen LogP contribution in [0.2, 0.25) is 0 Å². The molecule has 0 aliphatic heterocycles. The number of ether oxygens (including phenoxy) is 1. The summed E-state index contributed by atoms with van der Waals surface area (Å²) in [5.41, 5.74) is 0. The molecule has 0 unspecified atom stereocenters. The van der Waals surface area contributed by atoms with Crippen LogP contribution in [0, 0.1) is 0 Å². The zero-order chi connectivity index (χ0) is 11.3. The van der Waals surface area contributed by atoms with Crippen LogP contribution in [0.4, 0.5) is 13.2 Å². The van der Waals surface area contributed by atoms with E-state index in [1.54, 1.807) is 0 Å². The number of hydrogen-bond acceptors (Lipinski definition) is 3. The molecule has 4 nitrogen and oxygen atoms in total. The molecule has 0 N–H and O–H groups in total. The average molecular weight is 222 g/mol. The van der Waals surface area contributed by atoms with Crippen molar-refractivity contribution in [2.24, 2.45) is 0 Å². The molecule has 7 heteroatoms. The van der Waals surface area contributed by atoms with Gasteiger partial charge in [-0.15, -0.1) is 0 Å². The Morgan fingerprint density at radius 3 is 2.87 bits per heavy atom. The Kier molecular flexibility index (Phi) is 3.84. The number of alkyl halides is 3. The lowest BCUT2D eigenvalue weighted by Crippen LogP contribution is -2.19. The number of rotatable bonds is 5. The second kappa shape index (κ2) is 4.92. The predicted octanol–water partition coefficient (Wildman–Crippen LogP) is 1.27. The topological polar surface area (TPSA) is 44.1 Å². The highest BCUT2D eigenvalue weighted by molar-refractivity contribution is 5.69. The first kappa shape index (κ1) is 11.7. The van der Waals surface area contributed by atoms with Crippen LogP contribution in [0.25, 0.3) is 0 Å². The molecule has 84 valence electrons. The summed E-state index contributed by atoms with van der Waals surface area (Å²) in [5.74, 6) is 0.172. The maximum absolute atomic E-state index is 11.7. The van der Waals surface area contributed by atoms with Crippen LogP contribution in [-0.4, -0.2) is 35.2 Å². The second-order valence-electron chi connectivity index (χ2n) is 2.76. The molecule has 1 heterocycles. The van der Waals surface area contributed by atoms with Crippen molar-refractivity contribution >= 4 is 6.29 Å². The van der Waals surface area contributed by atoms with Crippen molar-refractivity contribution < 1.29 is 22.7 Å². The van der Waals surface area contributed by atoms with Gasteiger partial charge in [0.05, 0.1) is 6.61 Å². The standard InChI is InChI=1S/C8H9F3N2O2/c9-8(10,11)6-15-4-3-13-2-1-12-7(13)5-14/h1-2,5H,3-4,6H2. The van der Waals surface area contributed by atoms with Gasteiger partial charge < -0.3 is 9.30 Å². The first-order valence-electron chi connectivity index (χ1n) is 4.14. The van der Waals surface area contributed by atoms with Crippen LogP contribution in [0.15, 0.2) is 12.4 Å². The Balaban J connectivity index is 2.29. The van der Waals surface area contributed by atoms with Crippen LogP contribution in [-0.2, 0) is 11.3 Å². The summed E-state index contributed by atoms with van der Waals surface area (Å²) in [6.45, 7) is -1.22. The molecule has 0 atom stereocenters. The van der Waals surface area contributed by atoms with Crippen LogP contribution < -0.4 is 0 Å². The Morgan fingerprint density at radius 1 is 1.53 bits per heavy atom. The van der Waals surface area contributed by atoms with Gasteiger partial charge in [0.2, 0.25) is 0 Å². The lowest BCUT2D eigenvalue weighted by atomic mass is 10.6. The van der Waals surface area contributed by atoms with Gasteiger partial charge in [0.15, 0.2) is 12.1 Å². The molecule has 0 aromatic carbocycles. The lowest BCUT2D eigenvalue weighted by molar-refractivity contribution is -0.174. The van der Waals surface area contributed by atoms with Crippen molar-refractivity contribution in [3.05, 3.63) is 18.2 Å². The van der Waals surface area contributed by atoms with Gasteiger partial charge in [-0.2, -0.15) is 13.2 Å². The molecule has 0 fully saturated rings. The predicted molar refractivity (Wildman–Crippen MR) is 44.5 cm³/mol. The molecule has 0 amide bonds. The highest BCUT2D eigenvalue weighted by atomic mass is 19.4.